The van der Waals surface area contributed by atoms with Gasteiger partial charge >= 0.3 is 0 Å². The lowest BCUT2D eigenvalue weighted by atomic mass is 10.1. The number of rotatable bonds is 6. The van der Waals surface area contributed by atoms with Crippen LogP contribution in [0.5, 0.6) is 11.6 Å². The Morgan fingerprint density at radius 2 is 1.95 bits per heavy atom. The Labute approximate surface area is 114 Å². The molecule has 0 aliphatic carbocycles. The van der Waals surface area contributed by atoms with Crippen LogP contribution < -0.4 is 10.1 Å². The number of ether oxygens (including phenoxy) is 1. The molecular weight excluding hydrogens is 236 g/mol. The Kier molecular flexibility index (Phi) is 4.93. The molecule has 0 spiro atoms. The van der Waals surface area contributed by atoms with E-state index in [1.807, 2.05) is 43.4 Å². The zero-order valence-electron chi connectivity index (χ0n) is 11.5. The van der Waals surface area contributed by atoms with Gasteiger partial charge in [0.2, 0.25) is 5.88 Å². The number of para-hydroxylation sites is 1. The first kappa shape index (κ1) is 13.6. The van der Waals surface area contributed by atoms with Crippen molar-refractivity contribution in [1.29, 1.82) is 0 Å². The molecule has 100 valence electrons. The van der Waals surface area contributed by atoms with Gasteiger partial charge in [-0.1, -0.05) is 31.5 Å². The average molecular weight is 256 g/mol. The van der Waals surface area contributed by atoms with Crippen molar-refractivity contribution >= 4 is 0 Å². The summed E-state index contributed by atoms with van der Waals surface area (Å²) in [5.41, 5.74) is 2.29. The highest BCUT2D eigenvalue weighted by atomic mass is 16.5. The maximum absolute atomic E-state index is 5.81. The Morgan fingerprint density at radius 1 is 1.16 bits per heavy atom. The first-order chi connectivity index (χ1) is 9.31. The standard InChI is InChI=1S/C16H20N2O/c1-3-7-14-10-13(12-17-2)11-16(18-14)19-15-8-5-4-6-9-15/h4-6,8-11,17H,3,7,12H2,1-2H3. The average Bonchev–Trinajstić information content (AvgIpc) is 2.40. The van der Waals surface area contributed by atoms with Crippen molar-refractivity contribution in [2.75, 3.05) is 7.05 Å². The lowest BCUT2D eigenvalue weighted by Crippen LogP contribution is -2.06. The van der Waals surface area contributed by atoms with Crippen LogP contribution in [0.1, 0.15) is 24.6 Å². The van der Waals surface area contributed by atoms with Gasteiger partial charge in [-0.3, -0.25) is 0 Å². The quantitative estimate of drug-likeness (QED) is 0.858. The zero-order chi connectivity index (χ0) is 13.5. The monoisotopic (exact) mass is 256 g/mol. The lowest BCUT2D eigenvalue weighted by Gasteiger charge is -2.09. The second-order valence-corrected chi connectivity index (χ2v) is 4.50. The number of aryl methyl sites for hydroxylation is 1. The highest BCUT2D eigenvalue weighted by molar-refractivity contribution is 5.30. The van der Waals surface area contributed by atoms with Gasteiger partial charge in [-0.15, -0.1) is 0 Å². The van der Waals surface area contributed by atoms with Crippen LogP contribution in [0, 0.1) is 0 Å². The highest BCUT2D eigenvalue weighted by Crippen LogP contribution is 2.21. The first-order valence-corrected chi connectivity index (χ1v) is 6.69. The van der Waals surface area contributed by atoms with Gasteiger partial charge in [0.25, 0.3) is 0 Å². The zero-order valence-corrected chi connectivity index (χ0v) is 11.5. The van der Waals surface area contributed by atoms with Crippen molar-refractivity contribution in [2.45, 2.75) is 26.3 Å². The third kappa shape index (κ3) is 4.07. The Balaban J connectivity index is 2.23. The van der Waals surface area contributed by atoms with Gasteiger partial charge in [-0.2, -0.15) is 0 Å². The van der Waals surface area contributed by atoms with Gasteiger partial charge in [0.15, 0.2) is 0 Å². The van der Waals surface area contributed by atoms with Crippen LogP contribution in [-0.2, 0) is 13.0 Å². The minimum absolute atomic E-state index is 0.669. The molecule has 0 saturated heterocycles. The van der Waals surface area contributed by atoms with E-state index in [2.05, 4.69) is 23.3 Å². The number of nitrogens with zero attached hydrogens (tertiary/aromatic N) is 1. The predicted molar refractivity (Wildman–Crippen MR) is 77.5 cm³/mol. The fraction of sp³-hybridized carbons (Fsp3) is 0.312. The fourth-order valence-electron chi connectivity index (χ4n) is 1.97. The van der Waals surface area contributed by atoms with E-state index < -0.39 is 0 Å². The molecule has 1 heterocycles. The van der Waals surface area contributed by atoms with Gasteiger partial charge in [0, 0.05) is 18.3 Å². The molecule has 1 aromatic heterocycles. The summed E-state index contributed by atoms with van der Waals surface area (Å²) >= 11 is 0. The van der Waals surface area contributed by atoms with Gasteiger partial charge in [0.1, 0.15) is 5.75 Å². The topological polar surface area (TPSA) is 34.1 Å². The van der Waals surface area contributed by atoms with Gasteiger partial charge in [0.05, 0.1) is 0 Å². The van der Waals surface area contributed by atoms with Crippen LogP contribution in [0.2, 0.25) is 0 Å². The maximum Gasteiger partial charge on any atom is 0.219 e. The summed E-state index contributed by atoms with van der Waals surface area (Å²) in [6, 6.07) is 13.9. The predicted octanol–water partition coefficient (Wildman–Crippen LogP) is 3.55. The Morgan fingerprint density at radius 3 is 2.63 bits per heavy atom. The number of hydrogen-bond acceptors (Lipinski definition) is 3. The number of aromatic nitrogens is 1. The van der Waals surface area contributed by atoms with E-state index in [1.165, 1.54) is 5.56 Å². The fourth-order valence-corrected chi connectivity index (χ4v) is 1.97. The third-order valence-corrected chi connectivity index (χ3v) is 2.77. The molecule has 2 aromatic rings. The smallest absolute Gasteiger partial charge is 0.219 e. The van der Waals surface area contributed by atoms with Crippen molar-refractivity contribution < 1.29 is 4.74 Å². The largest absolute Gasteiger partial charge is 0.439 e. The molecule has 0 atom stereocenters. The molecule has 0 radical (unpaired) electrons. The Hall–Kier alpha value is -1.87. The van der Waals surface area contributed by atoms with E-state index >= 15 is 0 Å². The highest BCUT2D eigenvalue weighted by Gasteiger charge is 2.04. The van der Waals surface area contributed by atoms with E-state index in [0.29, 0.717) is 5.88 Å². The van der Waals surface area contributed by atoms with Gasteiger partial charge in [-0.25, -0.2) is 4.98 Å². The normalized spacial score (nSPS) is 10.4. The summed E-state index contributed by atoms with van der Waals surface area (Å²) in [5.74, 6) is 1.49. The second-order valence-electron chi connectivity index (χ2n) is 4.50. The molecular formula is C16H20N2O. The van der Waals surface area contributed by atoms with E-state index in [0.717, 1.165) is 30.8 Å². The molecule has 0 amide bonds. The number of nitrogens with one attached hydrogen (secondary N) is 1. The van der Waals surface area contributed by atoms with E-state index in [1.54, 1.807) is 0 Å². The van der Waals surface area contributed by atoms with Crippen molar-refractivity contribution in [3.8, 4) is 11.6 Å². The Bertz CT molecular complexity index is 487. The molecule has 0 saturated carbocycles. The van der Waals surface area contributed by atoms with Gasteiger partial charge < -0.3 is 10.1 Å². The molecule has 3 heteroatoms. The molecule has 1 N–H and O–H groups in total. The van der Waals surface area contributed by atoms with Crippen molar-refractivity contribution in [2.24, 2.45) is 0 Å². The van der Waals surface area contributed by atoms with Crippen molar-refractivity contribution in [3.63, 3.8) is 0 Å². The molecule has 2 rings (SSSR count). The van der Waals surface area contributed by atoms with Crippen LogP contribution in [-0.4, -0.2) is 12.0 Å². The van der Waals surface area contributed by atoms with Crippen LogP contribution in [0.3, 0.4) is 0 Å². The summed E-state index contributed by atoms with van der Waals surface area (Å²) in [7, 11) is 1.94. The lowest BCUT2D eigenvalue weighted by molar-refractivity contribution is 0.459. The summed E-state index contributed by atoms with van der Waals surface area (Å²) < 4.78 is 5.81. The maximum atomic E-state index is 5.81. The SMILES string of the molecule is CCCc1cc(CNC)cc(Oc2ccccc2)n1. The van der Waals surface area contributed by atoms with E-state index in [9.17, 15) is 0 Å². The minimum Gasteiger partial charge on any atom is -0.439 e. The molecule has 0 bridgehead atoms. The first-order valence-electron chi connectivity index (χ1n) is 6.69. The number of pyridine rings is 1. The molecule has 0 aliphatic heterocycles. The molecule has 3 nitrogen and oxygen atoms in total. The van der Waals surface area contributed by atoms with Crippen LogP contribution >= 0.6 is 0 Å². The minimum atomic E-state index is 0.669. The molecule has 0 fully saturated rings. The summed E-state index contributed by atoms with van der Waals surface area (Å²) in [6.45, 7) is 2.98. The van der Waals surface area contributed by atoms with Crippen LogP contribution in [0.4, 0.5) is 0 Å². The van der Waals surface area contributed by atoms with Crippen molar-refractivity contribution in [3.05, 3.63) is 53.7 Å². The van der Waals surface area contributed by atoms with Crippen LogP contribution in [0.15, 0.2) is 42.5 Å². The third-order valence-electron chi connectivity index (χ3n) is 2.77. The second kappa shape index (κ2) is 6.90. The molecule has 0 aliphatic rings. The summed E-state index contributed by atoms with van der Waals surface area (Å²) in [6.07, 6.45) is 2.06. The van der Waals surface area contributed by atoms with Crippen molar-refractivity contribution in [1.82, 2.24) is 10.3 Å². The number of benzene rings is 1. The van der Waals surface area contributed by atoms with E-state index in [-0.39, 0.29) is 0 Å². The van der Waals surface area contributed by atoms with Crippen LogP contribution in [0.25, 0.3) is 0 Å². The van der Waals surface area contributed by atoms with E-state index in [4.69, 9.17) is 4.74 Å². The summed E-state index contributed by atoms with van der Waals surface area (Å²) in [4.78, 5) is 4.55. The molecule has 1 aromatic carbocycles. The van der Waals surface area contributed by atoms with Gasteiger partial charge in [-0.05, 0) is 37.2 Å². The molecule has 19 heavy (non-hydrogen) atoms. The number of hydrogen-bond donors (Lipinski definition) is 1. The summed E-state index contributed by atoms with van der Waals surface area (Å²) in [5, 5.41) is 3.16. The molecule has 0 unspecified atom stereocenters.